The lowest BCUT2D eigenvalue weighted by Gasteiger charge is -2.30. The zero-order valence-electron chi connectivity index (χ0n) is 10.5. The minimum atomic E-state index is -1.45. The topological polar surface area (TPSA) is 89.5 Å². The molecule has 1 aliphatic heterocycles. The molecule has 1 aromatic carbocycles. The highest BCUT2D eigenvalue weighted by Crippen LogP contribution is 2.25. The lowest BCUT2D eigenvalue weighted by atomic mass is 10.0. The van der Waals surface area contributed by atoms with E-state index in [1.54, 1.807) is 0 Å². The van der Waals surface area contributed by atoms with Gasteiger partial charge in [0.25, 0.3) is 5.91 Å². The maximum atomic E-state index is 13.9. The average molecular weight is 285 g/mol. The van der Waals surface area contributed by atoms with E-state index in [0.29, 0.717) is 19.0 Å². The average Bonchev–Trinajstić information content (AvgIpc) is 2.38. The summed E-state index contributed by atoms with van der Waals surface area (Å²) in [5, 5.41) is 10.6. The van der Waals surface area contributed by atoms with Gasteiger partial charge in [0.05, 0.1) is 4.92 Å². The van der Waals surface area contributed by atoms with Crippen molar-refractivity contribution in [2.45, 2.75) is 18.9 Å². The van der Waals surface area contributed by atoms with E-state index in [1.807, 2.05) is 0 Å². The minimum Gasteiger partial charge on any atom is -0.337 e. The van der Waals surface area contributed by atoms with Crippen molar-refractivity contribution in [3.05, 3.63) is 39.4 Å². The summed E-state index contributed by atoms with van der Waals surface area (Å²) in [7, 11) is 0. The molecule has 0 aromatic heterocycles. The number of nitrogens with two attached hydrogens (primary N) is 1. The first kappa shape index (κ1) is 14.3. The number of hydrogen-bond acceptors (Lipinski definition) is 4. The summed E-state index contributed by atoms with van der Waals surface area (Å²) in [5.41, 5.74) is 3.89. The Hall–Kier alpha value is -2.09. The first-order valence-corrected chi connectivity index (χ1v) is 6.09. The highest BCUT2D eigenvalue weighted by molar-refractivity contribution is 5.95. The number of nitro groups is 1. The van der Waals surface area contributed by atoms with Gasteiger partial charge in [-0.3, -0.25) is 14.9 Å². The van der Waals surface area contributed by atoms with Crippen molar-refractivity contribution in [3.8, 4) is 0 Å². The van der Waals surface area contributed by atoms with Gasteiger partial charge in [0.15, 0.2) is 0 Å². The molecule has 8 heteroatoms. The number of carbonyl (C=O) groups is 1. The van der Waals surface area contributed by atoms with Crippen LogP contribution in [0.5, 0.6) is 0 Å². The summed E-state index contributed by atoms with van der Waals surface area (Å²) in [6.07, 6.45) is 1.36. The van der Waals surface area contributed by atoms with Gasteiger partial charge in [-0.2, -0.15) is 4.39 Å². The van der Waals surface area contributed by atoms with Gasteiger partial charge in [0, 0.05) is 25.2 Å². The molecule has 1 unspecified atom stereocenters. The Kier molecular flexibility index (Phi) is 3.93. The standard InChI is InChI=1S/C12H13F2N3O3/c13-8-3-4-9(17(19)20)11(14)10(8)12(18)16-5-1-2-7(15)6-16/h3-4,7H,1-2,5-6,15H2. The number of benzene rings is 1. The normalized spacial score (nSPS) is 18.9. The van der Waals surface area contributed by atoms with Crippen molar-refractivity contribution < 1.29 is 18.5 Å². The Labute approximate surface area is 113 Å². The molecule has 1 atom stereocenters. The van der Waals surface area contributed by atoms with Crippen LogP contribution < -0.4 is 5.73 Å². The third-order valence-electron chi connectivity index (χ3n) is 3.23. The number of halogens is 2. The molecule has 0 aliphatic carbocycles. The monoisotopic (exact) mass is 285 g/mol. The molecule has 0 saturated carbocycles. The number of hydrogen-bond donors (Lipinski definition) is 1. The van der Waals surface area contributed by atoms with Crippen LogP contribution in [0.15, 0.2) is 12.1 Å². The van der Waals surface area contributed by atoms with Crippen LogP contribution in [0.4, 0.5) is 14.5 Å². The molecule has 2 rings (SSSR count). The van der Waals surface area contributed by atoms with Crippen molar-refractivity contribution >= 4 is 11.6 Å². The summed E-state index contributed by atoms with van der Waals surface area (Å²) >= 11 is 0. The number of carbonyl (C=O) groups excluding carboxylic acids is 1. The number of amides is 1. The predicted octanol–water partition coefficient (Wildman–Crippen LogP) is 1.44. The van der Waals surface area contributed by atoms with Gasteiger partial charge in [0.2, 0.25) is 5.82 Å². The number of nitrogens with zero attached hydrogens (tertiary/aromatic N) is 2. The zero-order valence-corrected chi connectivity index (χ0v) is 10.5. The lowest BCUT2D eigenvalue weighted by molar-refractivity contribution is -0.387. The molecule has 1 heterocycles. The van der Waals surface area contributed by atoms with Gasteiger partial charge in [-0.25, -0.2) is 4.39 Å². The molecular formula is C12H13F2N3O3. The maximum Gasteiger partial charge on any atom is 0.305 e. The van der Waals surface area contributed by atoms with E-state index in [0.717, 1.165) is 12.5 Å². The second kappa shape index (κ2) is 5.49. The Balaban J connectivity index is 2.38. The maximum absolute atomic E-state index is 13.9. The molecule has 0 bridgehead atoms. The first-order chi connectivity index (χ1) is 9.41. The van der Waals surface area contributed by atoms with E-state index in [-0.39, 0.29) is 12.6 Å². The van der Waals surface area contributed by atoms with Crippen molar-refractivity contribution in [1.82, 2.24) is 4.90 Å². The number of nitro benzene ring substituents is 1. The summed E-state index contributed by atoms with van der Waals surface area (Å²) in [5.74, 6) is -3.46. The summed E-state index contributed by atoms with van der Waals surface area (Å²) in [4.78, 5) is 23.0. The first-order valence-electron chi connectivity index (χ1n) is 6.09. The zero-order chi connectivity index (χ0) is 14.9. The fourth-order valence-corrected chi connectivity index (χ4v) is 2.23. The molecule has 0 spiro atoms. The molecule has 1 aliphatic rings. The van der Waals surface area contributed by atoms with Crippen LogP contribution in [-0.2, 0) is 0 Å². The SMILES string of the molecule is NC1CCCN(C(=O)c2c(F)ccc([N+](=O)[O-])c2F)C1. The van der Waals surface area contributed by atoms with Crippen LogP contribution in [0, 0.1) is 21.7 Å². The third kappa shape index (κ3) is 2.60. The molecule has 108 valence electrons. The van der Waals surface area contributed by atoms with Crippen LogP contribution >= 0.6 is 0 Å². The molecule has 1 saturated heterocycles. The Morgan fingerprint density at radius 1 is 1.45 bits per heavy atom. The van der Waals surface area contributed by atoms with Crippen LogP contribution in [0.2, 0.25) is 0 Å². The van der Waals surface area contributed by atoms with E-state index < -0.39 is 33.7 Å². The fraction of sp³-hybridized carbons (Fsp3) is 0.417. The van der Waals surface area contributed by atoms with E-state index in [2.05, 4.69) is 0 Å². The Bertz CT molecular complexity index is 565. The number of piperidine rings is 1. The van der Waals surface area contributed by atoms with Gasteiger partial charge in [-0.1, -0.05) is 0 Å². The second-order valence-corrected chi connectivity index (χ2v) is 4.67. The second-order valence-electron chi connectivity index (χ2n) is 4.67. The molecule has 1 fully saturated rings. The summed E-state index contributed by atoms with van der Waals surface area (Å²) in [6, 6.07) is 1.17. The molecule has 0 radical (unpaired) electrons. The lowest BCUT2D eigenvalue weighted by Crippen LogP contribution is -2.46. The molecule has 20 heavy (non-hydrogen) atoms. The highest BCUT2D eigenvalue weighted by Gasteiger charge is 2.31. The molecule has 2 N–H and O–H groups in total. The number of likely N-dealkylation sites (tertiary alicyclic amines) is 1. The van der Waals surface area contributed by atoms with Gasteiger partial charge in [-0.05, 0) is 18.9 Å². The minimum absolute atomic E-state index is 0.181. The molecule has 1 aromatic rings. The quantitative estimate of drug-likeness (QED) is 0.657. The van der Waals surface area contributed by atoms with Crippen LogP contribution in [0.25, 0.3) is 0 Å². The van der Waals surface area contributed by atoms with E-state index >= 15 is 0 Å². The molecule has 1 amide bonds. The van der Waals surface area contributed by atoms with Crippen LogP contribution in [0.3, 0.4) is 0 Å². The van der Waals surface area contributed by atoms with E-state index in [4.69, 9.17) is 5.73 Å². The molecule has 6 nitrogen and oxygen atoms in total. The Morgan fingerprint density at radius 2 is 2.15 bits per heavy atom. The van der Waals surface area contributed by atoms with Gasteiger partial charge in [0.1, 0.15) is 11.4 Å². The van der Waals surface area contributed by atoms with E-state index in [9.17, 15) is 23.7 Å². The van der Waals surface area contributed by atoms with Gasteiger partial charge >= 0.3 is 5.69 Å². The Morgan fingerprint density at radius 3 is 2.75 bits per heavy atom. The third-order valence-corrected chi connectivity index (χ3v) is 3.23. The van der Waals surface area contributed by atoms with Gasteiger partial charge in [-0.15, -0.1) is 0 Å². The van der Waals surface area contributed by atoms with E-state index in [1.165, 1.54) is 4.90 Å². The van der Waals surface area contributed by atoms with Crippen molar-refractivity contribution in [2.24, 2.45) is 5.73 Å². The smallest absolute Gasteiger partial charge is 0.305 e. The summed E-state index contributed by atoms with van der Waals surface area (Å²) in [6.45, 7) is 0.508. The van der Waals surface area contributed by atoms with Crippen molar-refractivity contribution in [3.63, 3.8) is 0 Å². The fourth-order valence-electron chi connectivity index (χ4n) is 2.23. The molecular weight excluding hydrogens is 272 g/mol. The van der Waals surface area contributed by atoms with Gasteiger partial charge < -0.3 is 10.6 Å². The largest absolute Gasteiger partial charge is 0.337 e. The van der Waals surface area contributed by atoms with Crippen LogP contribution in [-0.4, -0.2) is 34.9 Å². The summed E-state index contributed by atoms with van der Waals surface area (Å²) < 4.78 is 27.6. The van der Waals surface area contributed by atoms with Crippen molar-refractivity contribution in [2.75, 3.05) is 13.1 Å². The van der Waals surface area contributed by atoms with Crippen molar-refractivity contribution in [1.29, 1.82) is 0 Å². The van der Waals surface area contributed by atoms with Crippen LogP contribution in [0.1, 0.15) is 23.2 Å². The highest BCUT2D eigenvalue weighted by atomic mass is 19.1. The number of rotatable bonds is 2. The predicted molar refractivity (Wildman–Crippen MR) is 66.1 cm³/mol.